The lowest BCUT2D eigenvalue weighted by atomic mass is 10.2. The van der Waals surface area contributed by atoms with E-state index < -0.39 is 30.7 Å². The van der Waals surface area contributed by atoms with Crippen molar-refractivity contribution in [3.05, 3.63) is 5.53 Å². The third-order valence-electron chi connectivity index (χ3n) is 1.01. The lowest BCUT2D eigenvalue weighted by Gasteiger charge is -2.00. The van der Waals surface area contributed by atoms with Crippen LogP contribution in [0.1, 0.15) is 12.8 Å². The van der Waals surface area contributed by atoms with Gasteiger partial charge in [0.05, 0.1) is 12.8 Å². The molecule has 0 heterocycles. The second-order valence-electron chi connectivity index (χ2n) is 1.97. The maximum absolute atomic E-state index is 11.5. The highest BCUT2D eigenvalue weighted by molar-refractivity contribution is 6.32. The van der Waals surface area contributed by atoms with E-state index in [1.54, 1.807) is 0 Å². The second kappa shape index (κ2) is 3.87. The molecule has 0 aromatic rings. The van der Waals surface area contributed by atoms with Crippen molar-refractivity contribution in [2.75, 3.05) is 0 Å². The molecule has 0 saturated heterocycles. The van der Waals surface area contributed by atoms with Crippen molar-refractivity contribution in [2.45, 2.75) is 19.0 Å². The summed E-state index contributed by atoms with van der Waals surface area (Å²) in [5.41, 5.74) is 7.04. The average molecular weight is 182 g/mol. The topological polar surface area (TPSA) is 73.7 Å². The molecule has 0 spiro atoms. The van der Waals surface area contributed by atoms with Crippen LogP contribution in [0.15, 0.2) is 0 Å². The van der Waals surface area contributed by atoms with E-state index in [-0.39, 0.29) is 0 Å². The summed E-state index contributed by atoms with van der Waals surface area (Å²) in [6.07, 6.45) is -6.57. The molecular weight excluding hydrogens is 177 g/mol. The van der Waals surface area contributed by atoms with Gasteiger partial charge in [-0.2, -0.15) is 18.0 Å². The van der Waals surface area contributed by atoms with E-state index >= 15 is 0 Å². The molecule has 4 nitrogen and oxygen atoms in total. The van der Waals surface area contributed by atoms with Crippen molar-refractivity contribution >= 4 is 11.7 Å². The molecule has 0 saturated carbocycles. The average Bonchev–Trinajstić information content (AvgIpc) is 1.85. The molecule has 1 N–H and O–H groups in total. The first-order valence-corrected chi connectivity index (χ1v) is 2.88. The van der Waals surface area contributed by atoms with Crippen LogP contribution in [-0.2, 0) is 4.79 Å². The number of carboxylic acid groups (broad SMARTS) is 1. The fourth-order valence-electron chi connectivity index (χ4n) is 0.460. The molecule has 0 aliphatic rings. The van der Waals surface area contributed by atoms with E-state index in [9.17, 15) is 18.0 Å². The molecule has 68 valence electrons. The van der Waals surface area contributed by atoms with Crippen LogP contribution in [0, 0.1) is 0 Å². The van der Waals surface area contributed by atoms with Gasteiger partial charge < -0.3 is 10.6 Å². The summed E-state index contributed by atoms with van der Waals surface area (Å²) in [6.45, 7) is 0. The summed E-state index contributed by atoms with van der Waals surface area (Å²) < 4.78 is 34.5. The molecule has 0 amide bonds. The Morgan fingerprint density at radius 1 is 1.50 bits per heavy atom. The van der Waals surface area contributed by atoms with Crippen molar-refractivity contribution in [3.8, 4) is 0 Å². The van der Waals surface area contributed by atoms with Crippen molar-refractivity contribution in [1.29, 1.82) is 0 Å². The Balaban J connectivity index is 4.10. The molecule has 0 radical (unpaired) electrons. The van der Waals surface area contributed by atoms with E-state index in [2.05, 4.69) is 4.79 Å². The molecule has 7 heteroatoms. The smallest absolute Gasteiger partial charge is 0.414 e. The van der Waals surface area contributed by atoms with E-state index in [1.807, 2.05) is 0 Å². The summed E-state index contributed by atoms with van der Waals surface area (Å²) in [5, 5.41) is 8.11. The van der Waals surface area contributed by atoms with E-state index in [0.717, 1.165) is 0 Å². The fourth-order valence-corrected chi connectivity index (χ4v) is 0.460. The Labute approximate surface area is 65.2 Å². The highest BCUT2D eigenvalue weighted by atomic mass is 19.4. The molecule has 0 fully saturated rings. The zero-order chi connectivity index (χ0) is 9.78. The molecule has 0 unspecified atom stereocenters. The van der Waals surface area contributed by atoms with Crippen molar-refractivity contribution in [1.82, 2.24) is 0 Å². The van der Waals surface area contributed by atoms with Crippen LogP contribution in [0.25, 0.3) is 5.53 Å². The second-order valence-corrected chi connectivity index (χ2v) is 1.97. The van der Waals surface area contributed by atoms with Crippen molar-refractivity contribution in [2.24, 2.45) is 0 Å². The van der Waals surface area contributed by atoms with Gasteiger partial charge in [0.15, 0.2) is 0 Å². The Morgan fingerprint density at radius 3 is 2.25 bits per heavy atom. The molecule has 0 aromatic heterocycles. The maximum atomic E-state index is 11.5. The van der Waals surface area contributed by atoms with Crippen LogP contribution in [0.4, 0.5) is 13.2 Å². The van der Waals surface area contributed by atoms with Crippen LogP contribution >= 0.6 is 0 Å². The van der Waals surface area contributed by atoms with E-state index in [0.29, 0.717) is 0 Å². The number of hydrogen-bond acceptors (Lipinski definition) is 1. The Morgan fingerprint density at radius 2 is 2.00 bits per heavy atom. The first-order chi connectivity index (χ1) is 5.37. The number of carboxylic acids is 1. The maximum Gasteiger partial charge on any atom is 0.414 e. The molecule has 0 aromatic carbocycles. The number of alkyl halides is 3. The predicted molar refractivity (Wildman–Crippen MR) is 31.6 cm³/mol. The van der Waals surface area contributed by atoms with Gasteiger partial charge in [-0.15, -0.1) is 0 Å². The standard InChI is InChI=1S/C5H5F3N2O2/c6-5(7,8)2-1-3(10-9)4(11)12/h1-2H2,(H,11,12). The number of rotatable bonds is 3. The zero-order valence-corrected chi connectivity index (χ0v) is 5.80. The van der Waals surface area contributed by atoms with E-state index in [1.165, 1.54) is 0 Å². The van der Waals surface area contributed by atoms with Gasteiger partial charge in [-0.3, -0.25) is 0 Å². The van der Waals surface area contributed by atoms with Crippen molar-refractivity contribution < 1.29 is 27.9 Å². The molecule has 0 aliphatic carbocycles. The number of halogens is 3. The third kappa shape index (κ3) is 4.45. The molecular formula is C5H5F3N2O2. The number of hydrogen-bond donors (Lipinski definition) is 1. The van der Waals surface area contributed by atoms with Crippen LogP contribution in [-0.4, -0.2) is 27.8 Å². The predicted octanol–water partition coefficient (Wildman–Crippen LogP) is 1.08. The van der Waals surface area contributed by atoms with Gasteiger partial charge in [-0.25, -0.2) is 4.79 Å². The third-order valence-corrected chi connectivity index (χ3v) is 1.01. The summed E-state index contributed by atoms with van der Waals surface area (Å²) in [5.74, 6) is -1.65. The number of carbonyl (C=O) groups is 1. The Bertz CT molecular complexity index is 229. The monoisotopic (exact) mass is 182 g/mol. The van der Waals surface area contributed by atoms with Crippen LogP contribution in [0.5, 0.6) is 0 Å². The Kier molecular flexibility index (Phi) is 3.43. The van der Waals surface area contributed by atoms with Crippen molar-refractivity contribution in [3.63, 3.8) is 0 Å². The molecule has 0 rings (SSSR count). The Hall–Kier alpha value is -1.36. The normalized spacial score (nSPS) is 10.6. The summed E-state index contributed by atoms with van der Waals surface area (Å²) >= 11 is 0. The highest BCUT2D eigenvalue weighted by Gasteiger charge is 2.31. The van der Waals surface area contributed by atoms with Crippen LogP contribution in [0.2, 0.25) is 0 Å². The van der Waals surface area contributed by atoms with Gasteiger partial charge in [-0.05, 0) is 0 Å². The summed E-state index contributed by atoms with van der Waals surface area (Å²) in [7, 11) is 0. The number of aliphatic carboxylic acids is 1. The molecule has 0 aliphatic heterocycles. The number of nitrogens with zero attached hydrogens (tertiary/aromatic N) is 2. The lowest BCUT2D eigenvalue weighted by molar-refractivity contribution is -0.139. The minimum absolute atomic E-state index is 0.824. The van der Waals surface area contributed by atoms with Crippen LogP contribution in [0.3, 0.4) is 0 Å². The van der Waals surface area contributed by atoms with Gasteiger partial charge in [0.2, 0.25) is 0 Å². The SMILES string of the molecule is [N-]=[N+]=C(CCC(F)(F)F)C(=O)O. The minimum Gasteiger partial charge on any atom is -0.473 e. The first kappa shape index (κ1) is 10.6. The van der Waals surface area contributed by atoms with Gasteiger partial charge in [0, 0.05) is 0 Å². The van der Waals surface area contributed by atoms with Gasteiger partial charge >= 0.3 is 17.9 Å². The first-order valence-electron chi connectivity index (χ1n) is 2.88. The molecule has 0 bridgehead atoms. The van der Waals surface area contributed by atoms with Gasteiger partial charge in [0.1, 0.15) is 0 Å². The zero-order valence-electron chi connectivity index (χ0n) is 5.80. The lowest BCUT2D eigenvalue weighted by Crippen LogP contribution is -2.18. The quantitative estimate of drug-likeness (QED) is 0.403. The summed E-state index contributed by atoms with van der Waals surface area (Å²) in [6, 6.07) is 0. The molecule has 0 atom stereocenters. The fraction of sp³-hybridized carbons (Fsp3) is 0.600. The van der Waals surface area contributed by atoms with Crippen LogP contribution < -0.4 is 0 Å². The van der Waals surface area contributed by atoms with Gasteiger partial charge in [0.25, 0.3) is 0 Å². The minimum atomic E-state index is -4.44. The molecule has 12 heavy (non-hydrogen) atoms. The van der Waals surface area contributed by atoms with E-state index in [4.69, 9.17) is 10.6 Å². The summed E-state index contributed by atoms with van der Waals surface area (Å²) in [4.78, 5) is 12.2. The van der Waals surface area contributed by atoms with Gasteiger partial charge in [-0.1, -0.05) is 0 Å². The highest BCUT2D eigenvalue weighted by Crippen LogP contribution is 2.21. The largest absolute Gasteiger partial charge is 0.473 e.